The molecule has 2 rings (SSSR count). The summed E-state index contributed by atoms with van der Waals surface area (Å²) in [6.07, 6.45) is 0. The molecular weight excluding hydrogens is 314 g/mol. The van der Waals surface area contributed by atoms with E-state index < -0.39 is 0 Å². The van der Waals surface area contributed by atoms with Gasteiger partial charge in [-0.3, -0.25) is 0 Å². The first-order valence-electron chi connectivity index (χ1n) is 3.92. The summed E-state index contributed by atoms with van der Waals surface area (Å²) in [5.41, 5.74) is 1.84. The van der Waals surface area contributed by atoms with E-state index in [-0.39, 0.29) is 5.82 Å². The second-order valence-electron chi connectivity index (χ2n) is 2.82. The van der Waals surface area contributed by atoms with Gasteiger partial charge in [-0.2, -0.15) is 0 Å². The first kappa shape index (κ1) is 9.97. The summed E-state index contributed by atoms with van der Waals surface area (Å²) in [7, 11) is 0. The van der Waals surface area contributed by atoms with Crippen molar-refractivity contribution in [2.75, 3.05) is 0 Å². The Hall–Kier alpha value is -0.560. The summed E-state index contributed by atoms with van der Waals surface area (Å²) in [6, 6.07) is 4.68. The molecule has 2 nitrogen and oxygen atoms in total. The lowest BCUT2D eigenvalue weighted by Crippen LogP contribution is -1.84. The molecule has 72 valence electrons. The highest BCUT2D eigenvalue weighted by atomic mass is 127. The van der Waals surface area contributed by atoms with E-state index in [2.05, 4.69) is 32.8 Å². The number of aromatic nitrogens is 2. The standard InChI is InChI=1S/C9H6FIN2S/c1-5-4-6(10)2-3-7(5)8-12-13-9(11)14-8/h2-4H,1H3. The molecule has 0 N–H and O–H groups in total. The molecule has 0 amide bonds. The fourth-order valence-corrected chi connectivity index (χ4v) is 2.58. The molecule has 2 aromatic rings. The van der Waals surface area contributed by atoms with Gasteiger partial charge in [0.2, 0.25) is 0 Å². The molecule has 0 aliphatic carbocycles. The minimum absolute atomic E-state index is 0.217. The lowest BCUT2D eigenvalue weighted by molar-refractivity contribution is 0.627. The van der Waals surface area contributed by atoms with Crippen LogP contribution in [0.3, 0.4) is 0 Å². The molecule has 0 aliphatic heterocycles. The van der Waals surface area contributed by atoms with Gasteiger partial charge in [-0.25, -0.2) is 4.39 Å². The van der Waals surface area contributed by atoms with Gasteiger partial charge in [0.1, 0.15) is 10.8 Å². The van der Waals surface area contributed by atoms with Crippen molar-refractivity contribution in [3.63, 3.8) is 0 Å². The van der Waals surface area contributed by atoms with Crippen molar-refractivity contribution in [1.82, 2.24) is 10.2 Å². The van der Waals surface area contributed by atoms with Gasteiger partial charge in [-0.05, 0) is 53.3 Å². The van der Waals surface area contributed by atoms with Gasteiger partial charge < -0.3 is 0 Å². The lowest BCUT2D eigenvalue weighted by atomic mass is 10.1. The average Bonchev–Trinajstić information content (AvgIpc) is 2.51. The lowest BCUT2D eigenvalue weighted by Gasteiger charge is -2.00. The third kappa shape index (κ3) is 1.93. The number of halogens is 2. The van der Waals surface area contributed by atoms with E-state index in [1.165, 1.54) is 23.5 Å². The van der Waals surface area contributed by atoms with Gasteiger partial charge in [0.15, 0.2) is 3.01 Å². The van der Waals surface area contributed by atoms with Crippen LogP contribution in [0.2, 0.25) is 0 Å². The molecule has 0 atom stereocenters. The molecule has 0 aliphatic rings. The quantitative estimate of drug-likeness (QED) is 0.754. The van der Waals surface area contributed by atoms with Gasteiger partial charge in [-0.1, -0.05) is 11.3 Å². The summed E-state index contributed by atoms with van der Waals surface area (Å²) < 4.78 is 13.7. The van der Waals surface area contributed by atoms with Gasteiger partial charge in [0.05, 0.1) is 0 Å². The Labute approximate surface area is 98.3 Å². The topological polar surface area (TPSA) is 25.8 Å². The Bertz CT molecular complexity index is 470. The molecule has 1 heterocycles. The van der Waals surface area contributed by atoms with E-state index in [1.807, 2.05) is 6.92 Å². The fraction of sp³-hybridized carbons (Fsp3) is 0.111. The third-order valence-corrected chi connectivity index (χ3v) is 3.44. The van der Waals surface area contributed by atoms with Crippen molar-refractivity contribution in [2.24, 2.45) is 0 Å². The van der Waals surface area contributed by atoms with Crippen molar-refractivity contribution < 1.29 is 4.39 Å². The Kier molecular flexibility index (Phi) is 2.78. The molecule has 0 spiro atoms. The van der Waals surface area contributed by atoms with Crippen LogP contribution in [-0.2, 0) is 0 Å². The summed E-state index contributed by atoms with van der Waals surface area (Å²) in [4.78, 5) is 0. The molecule has 0 unspecified atom stereocenters. The van der Waals surface area contributed by atoms with Crippen LogP contribution in [0.15, 0.2) is 18.2 Å². The van der Waals surface area contributed by atoms with E-state index >= 15 is 0 Å². The van der Waals surface area contributed by atoms with E-state index in [0.29, 0.717) is 0 Å². The highest BCUT2D eigenvalue weighted by Crippen LogP contribution is 2.27. The van der Waals surface area contributed by atoms with Crippen LogP contribution >= 0.6 is 33.9 Å². The summed E-state index contributed by atoms with van der Waals surface area (Å²) >= 11 is 3.62. The maximum absolute atomic E-state index is 12.8. The van der Waals surface area contributed by atoms with Crippen LogP contribution < -0.4 is 0 Å². The Morgan fingerprint density at radius 3 is 2.71 bits per heavy atom. The maximum atomic E-state index is 12.8. The first-order valence-corrected chi connectivity index (χ1v) is 5.82. The average molecular weight is 320 g/mol. The minimum Gasteiger partial charge on any atom is -0.207 e. The van der Waals surface area contributed by atoms with Crippen LogP contribution in [-0.4, -0.2) is 10.2 Å². The maximum Gasteiger partial charge on any atom is 0.178 e. The zero-order valence-corrected chi connectivity index (χ0v) is 10.3. The second-order valence-corrected chi connectivity index (χ2v) is 5.55. The number of nitrogens with zero attached hydrogens (tertiary/aromatic N) is 2. The summed E-state index contributed by atoms with van der Waals surface area (Å²) in [5.74, 6) is -0.217. The largest absolute Gasteiger partial charge is 0.207 e. The van der Waals surface area contributed by atoms with Crippen molar-refractivity contribution >= 4 is 33.9 Å². The zero-order valence-electron chi connectivity index (χ0n) is 7.29. The van der Waals surface area contributed by atoms with E-state index in [9.17, 15) is 4.39 Å². The summed E-state index contributed by atoms with van der Waals surface area (Å²) in [5, 5.41) is 8.77. The molecule has 0 fully saturated rings. The van der Waals surface area contributed by atoms with Crippen LogP contribution in [0, 0.1) is 15.8 Å². The predicted octanol–water partition coefficient (Wildman–Crippen LogP) is 3.26. The number of rotatable bonds is 1. The predicted molar refractivity (Wildman–Crippen MR) is 62.8 cm³/mol. The molecule has 5 heteroatoms. The van der Waals surface area contributed by atoms with Gasteiger partial charge in [-0.15, -0.1) is 10.2 Å². The Balaban J connectivity index is 2.52. The monoisotopic (exact) mass is 320 g/mol. The summed E-state index contributed by atoms with van der Waals surface area (Å²) in [6.45, 7) is 1.87. The zero-order chi connectivity index (χ0) is 10.1. The Morgan fingerprint density at radius 1 is 1.36 bits per heavy atom. The van der Waals surface area contributed by atoms with Gasteiger partial charge in [0.25, 0.3) is 0 Å². The van der Waals surface area contributed by atoms with Crippen molar-refractivity contribution in [1.29, 1.82) is 0 Å². The number of hydrogen-bond donors (Lipinski definition) is 0. The van der Waals surface area contributed by atoms with Crippen LogP contribution in [0.5, 0.6) is 0 Å². The van der Waals surface area contributed by atoms with Crippen LogP contribution in [0.4, 0.5) is 4.39 Å². The van der Waals surface area contributed by atoms with Crippen molar-refractivity contribution in [2.45, 2.75) is 6.92 Å². The molecule has 0 bridgehead atoms. The van der Waals surface area contributed by atoms with Crippen molar-refractivity contribution in [3.8, 4) is 10.6 Å². The molecule has 1 aromatic heterocycles. The van der Waals surface area contributed by atoms with E-state index in [0.717, 1.165) is 19.1 Å². The molecule has 0 saturated carbocycles. The number of hydrogen-bond acceptors (Lipinski definition) is 3. The molecule has 1 aromatic carbocycles. The highest BCUT2D eigenvalue weighted by Gasteiger charge is 2.07. The minimum atomic E-state index is -0.217. The van der Waals surface area contributed by atoms with Crippen LogP contribution in [0.25, 0.3) is 10.6 Å². The van der Waals surface area contributed by atoms with E-state index in [1.54, 1.807) is 6.07 Å². The van der Waals surface area contributed by atoms with Crippen molar-refractivity contribution in [3.05, 3.63) is 32.6 Å². The van der Waals surface area contributed by atoms with Gasteiger partial charge in [0, 0.05) is 5.56 Å². The molecule has 0 radical (unpaired) electrons. The molecule has 14 heavy (non-hydrogen) atoms. The van der Waals surface area contributed by atoms with E-state index in [4.69, 9.17) is 0 Å². The number of benzene rings is 1. The molecule has 0 saturated heterocycles. The Morgan fingerprint density at radius 2 is 2.14 bits per heavy atom. The molecular formula is C9H6FIN2S. The highest BCUT2D eigenvalue weighted by molar-refractivity contribution is 14.1. The van der Waals surface area contributed by atoms with Crippen LogP contribution in [0.1, 0.15) is 5.56 Å². The second kappa shape index (κ2) is 3.90. The normalized spacial score (nSPS) is 10.5. The smallest absolute Gasteiger partial charge is 0.178 e. The third-order valence-electron chi connectivity index (χ3n) is 1.82. The SMILES string of the molecule is Cc1cc(F)ccc1-c1nnc(I)s1. The van der Waals surface area contributed by atoms with Gasteiger partial charge >= 0.3 is 0 Å². The first-order chi connectivity index (χ1) is 6.66. The number of aryl methyl sites for hydroxylation is 1. The fourth-order valence-electron chi connectivity index (χ4n) is 1.18.